The molecule has 0 aromatic rings. The molecular weight excluding hydrogens is 246 g/mol. The molecule has 0 aliphatic rings. The van der Waals surface area contributed by atoms with E-state index in [1.54, 1.807) is 7.11 Å². The number of ether oxygens (including phenoxy) is 2. The summed E-state index contributed by atoms with van der Waals surface area (Å²) in [5.41, 5.74) is 0. The second-order valence-electron chi connectivity index (χ2n) is 3.44. The number of hydrogen-bond donors (Lipinski definition) is 0. The van der Waals surface area contributed by atoms with Gasteiger partial charge in [-0.15, -0.1) is 0 Å². The zero-order chi connectivity index (χ0) is 10.8. The highest BCUT2D eigenvalue weighted by atomic mass is 79.9. The van der Waals surface area contributed by atoms with Crippen molar-refractivity contribution in [2.24, 2.45) is 0 Å². The van der Waals surface area contributed by atoms with Crippen molar-refractivity contribution in [2.75, 3.05) is 45.3 Å². The van der Waals surface area contributed by atoms with Gasteiger partial charge in [-0.25, -0.2) is 0 Å². The highest BCUT2D eigenvalue weighted by Crippen LogP contribution is 1.94. The maximum atomic E-state index is 5.50. The third kappa shape index (κ3) is 8.94. The minimum atomic E-state index is 0.322. The van der Waals surface area contributed by atoms with E-state index in [0.29, 0.717) is 6.10 Å². The zero-order valence-corrected chi connectivity index (χ0v) is 11.0. The van der Waals surface area contributed by atoms with E-state index in [1.165, 1.54) is 0 Å². The van der Waals surface area contributed by atoms with Crippen molar-refractivity contribution in [1.82, 2.24) is 4.90 Å². The predicted octanol–water partition coefficient (Wildman–Crippen LogP) is 1.75. The van der Waals surface area contributed by atoms with Crippen LogP contribution >= 0.6 is 15.9 Å². The Morgan fingerprint density at radius 1 is 1.14 bits per heavy atom. The first kappa shape index (κ1) is 14.4. The quantitative estimate of drug-likeness (QED) is 0.595. The maximum Gasteiger partial charge on any atom is 0.0596 e. The van der Waals surface area contributed by atoms with Crippen LogP contribution < -0.4 is 0 Å². The van der Waals surface area contributed by atoms with Crippen LogP contribution in [0.2, 0.25) is 0 Å². The Balaban J connectivity index is 3.50. The fourth-order valence-electron chi connectivity index (χ4n) is 1.09. The van der Waals surface area contributed by atoms with Crippen LogP contribution in [0.25, 0.3) is 0 Å². The predicted molar refractivity (Wildman–Crippen MR) is 63.2 cm³/mol. The van der Waals surface area contributed by atoms with Gasteiger partial charge in [0.05, 0.1) is 19.3 Å². The van der Waals surface area contributed by atoms with Crippen LogP contribution in [0.15, 0.2) is 0 Å². The molecular formula is C10H22BrNO2. The van der Waals surface area contributed by atoms with Crippen molar-refractivity contribution in [2.45, 2.75) is 20.0 Å². The molecule has 0 saturated carbocycles. The summed E-state index contributed by atoms with van der Waals surface area (Å²) in [5, 5.41) is 0.998. The van der Waals surface area contributed by atoms with Gasteiger partial charge in [-0.1, -0.05) is 15.9 Å². The molecule has 3 nitrogen and oxygen atoms in total. The van der Waals surface area contributed by atoms with E-state index in [4.69, 9.17) is 9.47 Å². The van der Waals surface area contributed by atoms with E-state index in [-0.39, 0.29) is 0 Å². The third-order valence-corrected chi connectivity index (χ3v) is 2.23. The van der Waals surface area contributed by atoms with Gasteiger partial charge in [0.1, 0.15) is 0 Å². The lowest BCUT2D eigenvalue weighted by atomic mass is 10.4. The van der Waals surface area contributed by atoms with Crippen LogP contribution in [0.1, 0.15) is 13.8 Å². The third-order valence-electron chi connectivity index (χ3n) is 1.87. The van der Waals surface area contributed by atoms with Gasteiger partial charge < -0.3 is 9.47 Å². The number of halogens is 1. The second kappa shape index (κ2) is 9.90. The topological polar surface area (TPSA) is 21.7 Å². The van der Waals surface area contributed by atoms with Crippen LogP contribution in [-0.2, 0) is 9.47 Å². The molecule has 0 unspecified atom stereocenters. The number of methoxy groups -OCH3 is 1. The molecule has 0 aromatic carbocycles. The van der Waals surface area contributed by atoms with E-state index in [0.717, 1.165) is 38.2 Å². The normalized spacial score (nSPS) is 11.6. The Hall–Kier alpha value is 0.360. The highest BCUT2D eigenvalue weighted by Gasteiger charge is 2.03. The average molecular weight is 268 g/mol. The summed E-state index contributed by atoms with van der Waals surface area (Å²) < 4.78 is 10.5. The molecule has 0 aromatic heterocycles. The summed E-state index contributed by atoms with van der Waals surface area (Å²) in [5.74, 6) is 0. The van der Waals surface area contributed by atoms with Crippen molar-refractivity contribution in [1.29, 1.82) is 0 Å². The summed E-state index contributed by atoms with van der Waals surface area (Å²) in [6.45, 7) is 8.71. The monoisotopic (exact) mass is 267 g/mol. The Morgan fingerprint density at radius 3 is 2.29 bits per heavy atom. The molecule has 0 bridgehead atoms. The Labute approximate surface area is 95.9 Å². The molecule has 0 aliphatic carbocycles. The van der Waals surface area contributed by atoms with Crippen LogP contribution in [-0.4, -0.2) is 56.3 Å². The molecule has 0 atom stereocenters. The van der Waals surface area contributed by atoms with E-state index >= 15 is 0 Å². The van der Waals surface area contributed by atoms with Crippen molar-refractivity contribution in [3.8, 4) is 0 Å². The lowest BCUT2D eigenvalue weighted by molar-refractivity contribution is 0.0541. The van der Waals surface area contributed by atoms with E-state index < -0.39 is 0 Å². The van der Waals surface area contributed by atoms with Crippen molar-refractivity contribution < 1.29 is 9.47 Å². The fourth-order valence-corrected chi connectivity index (χ4v) is 1.59. The number of alkyl halides is 1. The van der Waals surface area contributed by atoms with Crippen molar-refractivity contribution in [3.63, 3.8) is 0 Å². The molecule has 0 N–H and O–H groups in total. The van der Waals surface area contributed by atoms with Gasteiger partial charge in [-0.05, 0) is 13.8 Å². The first-order chi connectivity index (χ1) is 6.70. The Morgan fingerprint density at radius 2 is 1.79 bits per heavy atom. The van der Waals surface area contributed by atoms with Crippen LogP contribution in [0.4, 0.5) is 0 Å². The minimum absolute atomic E-state index is 0.322. The SMILES string of the molecule is COCCN(CCBr)CCOC(C)C. The number of rotatable bonds is 9. The highest BCUT2D eigenvalue weighted by molar-refractivity contribution is 9.09. The van der Waals surface area contributed by atoms with Crippen molar-refractivity contribution >= 4 is 15.9 Å². The van der Waals surface area contributed by atoms with Gasteiger partial charge in [-0.3, -0.25) is 4.90 Å². The molecule has 14 heavy (non-hydrogen) atoms. The molecule has 0 fully saturated rings. The zero-order valence-electron chi connectivity index (χ0n) is 9.46. The molecule has 0 amide bonds. The lowest BCUT2D eigenvalue weighted by Crippen LogP contribution is -2.33. The minimum Gasteiger partial charge on any atom is -0.383 e. The van der Waals surface area contributed by atoms with Gasteiger partial charge in [0.15, 0.2) is 0 Å². The van der Waals surface area contributed by atoms with Crippen molar-refractivity contribution in [3.05, 3.63) is 0 Å². The molecule has 0 heterocycles. The van der Waals surface area contributed by atoms with Gasteiger partial charge in [0.2, 0.25) is 0 Å². The smallest absolute Gasteiger partial charge is 0.0596 e. The van der Waals surface area contributed by atoms with Gasteiger partial charge in [-0.2, -0.15) is 0 Å². The molecule has 0 saturated heterocycles. The maximum absolute atomic E-state index is 5.50. The summed E-state index contributed by atoms with van der Waals surface area (Å²) in [7, 11) is 1.73. The summed E-state index contributed by atoms with van der Waals surface area (Å²) in [4.78, 5) is 2.33. The number of hydrogen-bond acceptors (Lipinski definition) is 3. The fraction of sp³-hybridized carbons (Fsp3) is 1.00. The van der Waals surface area contributed by atoms with E-state index in [1.807, 2.05) is 0 Å². The second-order valence-corrected chi connectivity index (χ2v) is 4.24. The Bertz CT molecular complexity index is 123. The molecule has 0 aliphatic heterocycles. The summed E-state index contributed by atoms with van der Waals surface area (Å²) in [6.07, 6.45) is 0.322. The summed E-state index contributed by atoms with van der Waals surface area (Å²) >= 11 is 3.44. The van der Waals surface area contributed by atoms with Crippen LogP contribution in [0.3, 0.4) is 0 Å². The first-order valence-corrected chi connectivity index (χ1v) is 6.21. The van der Waals surface area contributed by atoms with Gasteiger partial charge in [0, 0.05) is 32.1 Å². The molecule has 0 rings (SSSR count). The van der Waals surface area contributed by atoms with Crippen LogP contribution in [0, 0.1) is 0 Å². The van der Waals surface area contributed by atoms with E-state index in [2.05, 4.69) is 34.7 Å². The molecule has 0 spiro atoms. The Kier molecular flexibility index (Phi) is 10.2. The van der Waals surface area contributed by atoms with Gasteiger partial charge in [0.25, 0.3) is 0 Å². The molecule has 86 valence electrons. The standard InChI is InChI=1S/C10H22BrNO2/c1-10(2)14-9-7-12(5-4-11)6-8-13-3/h10H,4-9H2,1-3H3. The lowest BCUT2D eigenvalue weighted by Gasteiger charge is -2.21. The summed E-state index contributed by atoms with van der Waals surface area (Å²) in [6, 6.07) is 0. The first-order valence-electron chi connectivity index (χ1n) is 5.09. The largest absolute Gasteiger partial charge is 0.383 e. The molecule has 0 radical (unpaired) electrons. The number of nitrogens with zero attached hydrogens (tertiary/aromatic N) is 1. The molecule has 4 heteroatoms. The van der Waals surface area contributed by atoms with Gasteiger partial charge >= 0.3 is 0 Å². The van der Waals surface area contributed by atoms with E-state index in [9.17, 15) is 0 Å². The van der Waals surface area contributed by atoms with Crippen LogP contribution in [0.5, 0.6) is 0 Å². The average Bonchev–Trinajstić information content (AvgIpc) is 2.13.